The molecule has 106 valence electrons. The Labute approximate surface area is 109 Å². The van der Waals surface area contributed by atoms with E-state index in [9.17, 15) is 13.2 Å². The minimum atomic E-state index is -3.32. The summed E-state index contributed by atoms with van der Waals surface area (Å²) >= 11 is 0. The molecule has 1 aliphatic heterocycles. The maximum absolute atomic E-state index is 11.8. The van der Waals surface area contributed by atoms with Gasteiger partial charge >= 0.3 is 0 Å². The number of carbonyl (C=O) groups is 1. The van der Waals surface area contributed by atoms with Gasteiger partial charge in [-0.3, -0.25) is 4.79 Å². The number of sulfonamides is 1. The van der Waals surface area contributed by atoms with Gasteiger partial charge < -0.3 is 11.1 Å². The van der Waals surface area contributed by atoms with Gasteiger partial charge in [-0.2, -0.15) is 0 Å². The number of amides is 1. The monoisotopic (exact) mass is 277 g/mol. The van der Waals surface area contributed by atoms with Crippen LogP contribution in [0.15, 0.2) is 0 Å². The van der Waals surface area contributed by atoms with Gasteiger partial charge in [0.05, 0.1) is 5.75 Å². The molecule has 1 aliphatic rings. The van der Waals surface area contributed by atoms with Crippen molar-refractivity contribution < 1.29 is 13.2 Å². The normalized spacial score (nSPS) is 22.6. The van der Waals surface area contributed by atoms with Crippen molar-refractivity contribution in [2.24, 2.45) is 5.73 Å². The van der Waals surface area contributed by atoms with Crippen LogP contribution in [0.3, 0.4) is 0 Å². The number of carbonyl (C=O) groups excluding carboxylic acids is 1. The molecule has 1 heterocycles. The summed E-state index contributed by atoms with van der Waals surface area (Å²) in [7, 11) is -3.32. The highest BCUT2D eigenvalue weighted by Gasteiger charge is 2.19. The first-order valence-corrected chi connectivity index (χ1v) is 8.06. The van der Waals surface area contributed by atoms with Gasteiger partial charge in [0.1, 0.15) is 0 Å². The number of nitrogens with two attached hydrogens (primary N) is 1. The van der Waals surface area contributed by atoms with E-state index in [4.69, 9.17) is 5.73 Å². The summed E-state index contributed by atoms with van der Waals surface area (Å²) in [5, 5.41) is 3.31. The van der Waals surface area contributed by atoms with E-state index in [-0.39, 0.29) is 12.2 Å². The topological polar surface area (TPSA) is 101 Å². The van der Waals surface area contributed by atoms with E-state index in [0.717, 1.165) is 25.8 Å². The molecule has 2 atom stereocenters. The molecule has 0 spiro atoms. The third-order valence-electron chi connectivity index (χ3n) is 3.04. The van der Waals surface area contributed by atoms with Crippen LogP contribution in [0.4, 0.5) is 0 Å². The first-order valence-electron chi connectivity index (χ1n) is 6.41. The molecule has 1 amide bonds. The third-order valence-corrected chi connectivity index (χ3v) is 4.57. The van der Waals surface area contributed by atoms with Crippen molar-refractivity contribution in [3.05, 3.63) is 0 Å². The van der Waals surface area contributed by atoms with Crippen LogP contribution in [-0.4, -0.2) is 38.7 Å². The van der Waals surface area contributed by atoms with Gasteiger partial charge in [-0.15, -0.1) is 0 Å². The second-order valence-electron chi connectivity index (χ2n) is 4.94. The van der Waals surface area contributed by atoms with Crippen molar-refractivity contribution in [1.29, 1.82) is 0 Å². The van der Waals surface area contributed by atoms with E-state index >= 15 is 0 Å². The van der Waals surface area contributed by atoms with Crippen molar-refractivity contribution >= 4 is 15.9 Å². The van der Waals surface area contributed by atoms with Gasteiger partial charge in [-0.25, -0.2) is 13.1 Å². The molecule has 0 aromatic carbocycles. The van der Waals surface area contributed by atoms with E-state index in [1.807, 2.05) is 0 Å². The summed E-state index contributed by atoms with van der Waals surface area (Å²) < 4.78 is 26.0. The second kappa shape index (κ2) is 7.06. The Morgan fingerprint density at radius 1 is 1.50 bits per heavy atom. The summed E-state index contributed by atoms with van der Waals surface area (Å²) in [6.07, 6.45) is 3.99. The van der Waals surface area contributed by atoms with E-state index in [1.165, 1.54) is 0 Å². The SMILES string of the molecule is CC(CC(N)=O)NS(=O)(=O)CCC1CCCCN1. The molecule has 6 nitrogen and oxygen atoms in total. The first-order chi connectivity index (χ1) is 8.39. The van der Waals surface area contributed by atoms with Gasteiger partial charge in [0.25, 0.3) is 0 Å². The zero-order valence-electron chi connectivity index (χ0n) is 10.8. The Hall–Kier alpha value is -0.660. The van der Waals surface area contributed by atoms with Crippen LogP contribution >= 0.6 is 0 Å². The van der Waals surface area contributed by atoms with Crippen LogP contribution in [0.25, 0.3) is 0 Å². The second-order valence-corrected chi connectivity index (χ2v) is 6.82. The highest BCUT2D eigenvalue weighted by atomic mass is 32.2. The lowest BCUT2D eigenvalue weighted by atomic mass is 10.0. The molecule has 0 aliphatic carbocycles. The standard InChI is InChI=1S/C11H23N3O3S/c1-9(8-11(12)15)14-18(16,17)7-5-10-4-2-3-6-13-10/h9-10,13-14H,2-8H2,1H3,(H2,12,15). The lowest BCUT2D eigenvalue weighted by Crippen LogP contribution is -2.40. The van der Waals surface area contributed by atoms with Crippen molar-refractivity contribution in [2.45, 2.75) is 51.1 Å². The molecule has 7 heteroatoms. The van der Waals surface area contributed by atoms with Crippen LogP contribution in [0.5, 0.6) is 0 Å². The third kappa shape index (κ3) is 6.32. The van der Waals surface area contributed by atoms with Crippen LogP contribution in [0.1, 0.15) is 39.0 Å². The van der Waals surface area contributed by atoms with E-state index in [2.05, 4.69) is 10.0 Å². The smallest absolute Gasteiger partial charge is 0.219 e. The maximum atomic E-state index is 11.8. The van der Waals surface area contributed by atoms with Crippen LogP contribution in [0.2, 0.25) is 0 Å². The summed E-state index contributed by atoms with van der Waals surface area (Å²) in [5.74, 6) is -0.410. The van der Waals surface area contributed by atoms with Gasteiger partial charge in [-0.1, -0.05) is 6.42 Å². The molecule has 0 radical (unpaired) electrons. The number of nitrogens with one attached hydrogen (secondary N) is 2. The Kier molecular flexibility index (Phi) is 6.04. The lowest BCUT2D eigenvalue weighted by molar-refractivity contribution is -0.118. The fourth-order valence-electron chi connectivity index (χ4n) is 2.18. The number of piperidine rings is 1. The molecule has 1 saturated heterocycles. The number of primary amides is 1. The number of rotatable bonds is 7. The molecule has 18 heavy (non-hydrogen) atoms. The minimum Gasteiger partial charge on any atom is -0.370 e. The molecule has 0 saturated carbocycles. The van der Waals surface area contributed by atoms with Crippen molar-refractivity contribution in [1.82, 2.24) is 10.0 Å². The average Bonchev–Trinajstić information content (AvgIpc) is 2.26. The molecule has 0 bridgehead atoms. The molecular formula is C11H23N3O3S. The molecule has 1 fully saturated rings. The number of hydrogen-bond donors (Lipinski definition) is 3. The van der Waals surface area contributed by atoms with Gasteiger partial charge in [0, 0.05) is 18.5 Å². The van der Waals surface area contributed by atoms with Gasteiger partial charge in [0.15, 0.2) is 0 Å². The van der Waals surface area contributed by atoms with Crippen molar-refractivity contribution in [2.75, 3.05) is 12.3 Å². The highest BCUT2D eigenvalue weighted by molar-refractivity contribution is 7.89. The minimum absolute atomic E-state index is 0.0287. The first kappa shape index (κ1) is 15.4. The molecule has 0 aromatic heterocycles. The molecule has 1 rings (SSSR count). The number of hydrogen-bond acceptors (Lipinski definition) is 4. The summed E-state index contributed by atoms with van der Waals surface area (Å²) in [4.78, 5) is 10.7. The van der Waals surface area contributed by atoms with E-state index < -0.39 is 22.0 Å². The van der Waals surface area contributed by atoms with E-state index in [0.29, 0.717) is 12.5 Å². The molecular weight excluding hydrogens is 254 g/mol. The highest BCUT2D eigenvalue weighted by Crippen LogP contribution is 2.11. The zero-order valence-corrected chi connectivity index (χ0v) is 11.6. The van der Waals surface area contributed by atoms with E-state index in [1.54, 1.807) is 6.92 Å². The maximum Gasteiger partial charge on any atom is 0.219 e. The van der Waals surface area contributed by atoms with Crippen LogP contribution in [0, 0.1) is 0 Å². The van der Waals surface area contributed by atoms with Crippen molar-refractivity contribution in [3.63, 3.8) is 0 Å². The van der Waals surface area contributed by atoms with Crippen molar-refractivity contribution in [3.8, 4) is 0 Å². The largest absolute Gasteiger partial charge is 0.370 e. The Bertz CT molecular complexity index is 364. The zero-order chi connectivity index (χ0) is 13.6. The van der Waals surface area contributed by atoms with Crippen LogP contribution in [-0.2, 0) is 14.8 Å². The molecule has 2 unspecified atom stereocenters. The quantitative estimate of drug-likeness (QED) is 0.594. The summed E-state index contributed by atoms with van der Waals surface area (Å²) in [6, 6.07) is -0.145. The Morgan fingerprint density at radius 3 is 2.78 bits per heavy atom. The van der Waals surface area contributed by atoms with Crippen LogP contribution < -0.4 is 15.8 Å². The van der Waals surface area contributed by atoms with Gasteiger partial charge in [0.2, 0.25) is 15.9 Å². The molecule has 4 N–H and O–H groups in total. The predicted molar refractivity (Wildman–Crippen MR) is 70.5 cm³/mol. The van der Waals surface area contributed by atoms with Gasteiger partial charge in [-0.05, 0) is 32.7 Å². The summed E-state index contributed by atoms with van der Waals surface area (Å²) in [6.45, 7) is 2.61. The Balaban J connectivity index is 2.32. The Morgan fingerprint density at radius 2 is 2.22 bits per heavy atom. The fourth-order valence-corrected chi connectivity index (χ4v) is 3.59. The predicted octanol–water partition coefficient (Wildman–Crippen LogP) is -0.298. The molecule has 0 aromatic rings. The lowest BCUT2D eigenvalue weighted by Gasteiger charge is -2.23. The summed E-state index contributed by atoms with van der Waals surface area (Å²) in [5.41, 5.74) is 5.02. The fraction of sp³-hybridized carbons (Fsp3) is 0.909. The average molecular weight is 277 g/mol.